The van der Waals surface area contributed by atoms with E-state index in [0.29, 0.717) is 6.42 Å². The van der Waals surface area contributed by atoms with Crippen LogP contribution < -0.4 is 10.6 Å². The Morgan fingerprint density at radius 3 is 2.83 bits per heavy atom. The van der Waals surface area contributed by atoms with Gasteiger partial charge in [-0.15, -0.1) is 0 Å². The zero-order chi connectivity index (χ0) is 13.0. The molecule has 0 spiro atoms. The third-order valence-electron chi connectivity index (χ3n) is 3.52. The van der Waals surface area contributed by atoms with E-state index in [1.54, 1.807) is 0 Å². The highest BCUT2D eigenvalue weighted by atomic mass is 16.2. The number of aldehydes is 1. The Kier molecular flexibility index (Phi) is 4.23. The van der Waals surface area contributed by atoms with Crippen LogP contribution in [-0.4, -0.2) is 30.8 Å². The van der Waals surface area contributed by atoms with Crippen LogP contribution in [0.5, 0.6) is 0 Å². The van der Waals surface area contributed by atoms with E-state index < -0.39 is 6.04 Å². The Morgan fingerprint density at radius 1 is 1.44 bits per heavy atom. The highest BCUT2D eigenvalue weighted by Crippen LogP contribution is 2.03. The van der Waals surface area contributed by atoms with Gasteiger partial charge < -0.3 is 5.73 Å². The number of hydrogen-bond donors (Lipinski definition) is 2. The van der Waals surface area contributed by atoms with Crippen LogP contribution in [0.3, 0.4) is 0 Å². The molecule has 1 unspecified atom stereocenters. The van der Waals surface area contributed by atoms with Crippen molar-refractivity contribution in [2.75, 3.05) is 6.54 Å². The molecule has 18 heavy (non-hydrogen) atoms. The maximum absolute atomic E-state index is 12.2. The van der Waals surface area contributed by atoms with Gasteiger partial charge in [0.25, 0.3) is 0 Å². The van der Waals surface area contributed by atoms with E-state index >= 15 is 0 Å². The standard InChI is InChI=1S/C14H18N2O2/c15-13(9-11-5-2-1-3-6-11)14(18)16-8-4-7-12(16)10-17/h1-3,5-6,10,12-13H,4,7-9,15H2/p+1/t12-,13-/m0/s1. The van der Waals surface area contributed by atoms with E-state index in [2.05, 4.69) is 0 Å². The Hall–Kier alpha value is -1.52. The molecule has 4 nitrogen and oxygen atoms in total. The highest BCUT2D eigenvalue weighted by molar-refractivity contribution is 5.75. The smallest absolute Gasteiger partial charge is 0.316 e. The van der Waals surface area contributed by atoms with Gasteiger partial charge in [-0.3, -0.25) is 9.69 Å². The largest absolute Gasteiger partial charge is 0.329 e. The molecular formula is C14H19N2O2+. The Morgan fingerprint density at radius 2 is 2.17 bits per heavy atom. The van der Waals surface area contributed by atoms with Crippen molar-refractivity contribution in [2.24, 2.45) is 5.73 Å². The van der Waals surface area contributed by atoms with Crippen LogP contribution >= 0.6 is 0 Å². The van der Waals surface area contributed by atoms with E-state index in [-0.39, 0.29) is 11.9 Å². The molecule has 2 rings (SSSR count). The molecule has 4 heteroatoms. The molecule has 1 saturated heterocycles. The fourth-order valence-corrected chi connectivity index (χ4v) is 2.53. The van der Waals surface area contributed by atoms with E-state index in [9.17, 15) is 9.59 Å². The number of benzene rings is 1. The van der Waals surface area contributed by atoms with Crippen molar-refractivity contribution in [3.8, 4) is 0 Å². The minimum atomic E-state index is -0.525. The molecule has 0 aromatic heterocycles. The maximum atomic E-state index is 12.2. The molecule has 96 valence electrons. The topological polar surface area (TPSA) is 64.6 Å². The van der Waals surface area contributed by atoms with Gasteiger partial charge in [-0.25, -0.2) is 4.79 Å². The van der Waals surface area contributed by atoms with Gasteiger partial charge in [0.2, 0.25) is 0 Å². The van der Waals surface area contributed by atoms with Gasteiger partial charge >= 0.3 is 5.91 Å². The summed E-state index contributed by atoms with van der Waals surface area (Å²) in [4.78, 5) is 23.8. The Labute approximate surface area is 107 Å². The van der Waals surface area contributed by atoms with Crippen LogP contribution in [-0.2, 0) is 16.0 Å². The van der Waals surface area contributed by atoms with Gasteiger partial charge in [0.15, 0.2) is 12.3 Å². The summed E-state index contributed by atoms with van der Waals surface area (Å²) in [5.41, 5.74) is 7.01. The zero-order valence-electron chi connectivity index (χ0n) is 10.3. The Bertz CT molecular complexity index is 419. The van der Waals surface area contributed by atoms with Crippen molar-refractivity contribution in [2.45, 2.75) is 31.3 Å². The quantitative estimate of drug-likeness (QED) is 0.694. The molecule has 1 aromatic carbocycles. The van der Waals surface area contributed by atoms with Gasteiger partial charge in [-0.05, 0) is 5.56 Å². The molecule has 1 heterocycles. The lowest BCUT2D eigenvalue weighted by Gasteiger charge is -2.18. The first-order valence-corrected chi connectivity index (χ1v) is 6.37. The normalized spacial score (nSPS) is 24.7. The summed E-state index contributed by atoms with van der Waals surface area (Å²) < 4.78 is 0. The monoisotopic (exact) mass is 247 g/mol. The lowest BCUT2D eigenvalue weighted by atomic mass is 10.1. The molecule has 0 bridgehead atoms. The first kappa shape index (κ1) is 12.9. The third kappa shape index (κ3) is 2.83. The summed E-state index contributed by atoms with van der Waals surface area (Å²) in [7, 11) is 0. The summed E-state index contributed by atoms with van der Waals surface area (Å²) in [5.74, 6) is -0.0338. The van der Waals surface area contributed by atoms with Gasteiger partial charge in [-0.1, -0.05) is 30.3 Å². The van der Waals surface area contributed by atoms with Crippen LogP contribution in [0.15, 0.2) is 30.3 Å². The highest BCUT2D eigenvalue weighted by Gasteiger charge is 2.36. The lowest BCUT2D eigenvalue weighted by molar-refractivity contribution is -0.823. The predicted molar refractivity (Wildman–Crippen MR) is 68.0 cm³/mol. The van der Waals surface area contributed by atoms with Crippen molar-refractivity contribution >= 4 is 12.2 Å². The lowest BCUT2D eigenvalue weighted by Crippen LogP contribution is -3.18. The molecular weight excluding hydrogens is 228 g/mol. The summed E-state index contributed by atoms with van der Waals surface area (Å²) in [5, 5.41) is 0. The molecule has 1 fully saturated rings. The van der Waals surface area contributed by atoms with E-state index in [1.165, 1.54) is 0 Å². The number of rotatable bonds is 4. The molecule has 1 aliphatic heterocycles. The molecule has 1 aromatic rings. The number of hydrogen-bond acceptors (Lipinski definition) is 3. The summed E-state index contributed by atoms with van der Waals surface area (Å²) >= 11 is 0. The second-order valence-corrected chi connectivity index (χ2v) is 4.82. The number of likely N-dealkylation sites (tertiary alicyclic amines) is 1. The second kappa shape index (κ2) is 5.89. The molecule has 1 aliphatic rings. The molecule has 0 aliphatic carbocycles. The summed E-state index contributed by atoms with van der Waals surface area (Å²) in [6, 6.07) is 9.01. The van der Waals surface area contributed by atoms with Crippen LogP contribution in [0.2, 0.25) is 0 Å². The molecule has 3 N–H and O–H groups in total. The summed E-state index contributed by atoms with van der Waals surface area (Å²) in [6.07, 6.45) is 3.13. The van der Waals surface area contributed by atoms with E-state index in [0.717, 1.165) is 36.1 Å². The first-order chi connectivity index (χ1) is 8.72. The van der Waals surface area contributed by atoms with Crippen molar-refractivity contribution in [1.29, 1.82) is 0 Å². The van der Waals surface area contributed by atoms with Gasteiger partial charge in [0, 0.05) is 19.3 Å². The van der Waals surface area contributed by atoms with Crippen molar-refractivity contribution in [3.63, 3.8) is 0 Å². The third-order valence-corrected chi connectivity index (χ3v) is 3.52. The first-order valence-electron chi connectivity index (χ1n) is 6.37. The fraction of sp³-hybridized carbons (Fsp3) is 0.429. The minimum Gasteiger partial charge on any atom is -0.316 e. The van der Waals surface area contributed by atoms with Crippen LogP contribution in [0.25, 0.3) is 0 Å². The number of carbonyl (C=O) groups is 2. The molecule has 1 amide bonds. The second-order valence-electron chi connectivity index (χ2n) is 4.82. The molecule has 0 saturated carbocycles. The maximum Gasteiger partial charge on any atom is 0.329 e. The number of carbonyl (C=O) groups excluding carboxylic acids is 2. The van der Waals surface area contributed by atoms with Crippen LogP contribution in [0, 0.1) is 0 Å². The molecule has 3 atom stereocenters. The van der Waals surface area contributed by atoms with E-state index in [4.69, 9.17) is 5.73 Å². The average molecular weight is 247 g/mol. The molecule has 0 radical (unpaired) electrons. The van der Waals surface area contributed by atoms with Crippen molar-refractivity contribution < 1.29 is 14.5 Å². The van der Waals surface area contributed by atoms with Gasteiger partial charge in [0.1, 0.15) is 6.04 Å². The summed E-state index contributed by atoms with van der Waals surface area (Å²) in [6.45, 7) is 0.727. The SMILES string of the molecule is N[C@@H](Cc1ccccc1)C(=O)[NH+]1CCC[C@H]1C=O. The number of nitrogens with one attached hydrogen (secondary N) is 1. The van der Waals surface area contributed by atoms with Gasteiger partial charge in [-0.2, -0.15) is 0 Å². The number of amides is 1. The van der Waals surface area contributed by atoms with Crippen LogP contribution in [0.1, 0.15) is 18.4 Å². The van der Waals surface area contributed by atoms with Gasteiger partial charge in [0.05, 0.1) is 6.54 Å². The number of quaternary nitrogens is 1. The number of nitrogens with two attached hydrogens (primary N) is 1. The average Bonchev–Trinajstić information content (AvgIpc) is 2.87. The zero-order valence-corrected chi connectivity index (χ0v) is 10.3. The van der Waals surface area contributed by atoms with Crippen molar-refractivity contribution in [1.82, 2.24) is 0 Å². The van der Waals surface area contributed by atoms with Crippen LogP contribution in [0.4, 0.5) is 0 Å². The Balaban J connectivity index is 1.98. The van der Waals surface area contributed by atoms with E-state index in [1.807, 2.05) is 30.3 Å². The fourth-order valence-electron chi connectivity index (χ4n) is 2.53. The minimum absolute atomic E-state index is 0.0338. The van der Waals surface area contributed by atoms with Crippen molar-refractivity contribution in [3.05, 3.63) is 35.9 Å². The predicted octanol–water partition coefficient (Wildman–Crippen LogP) is -0.671.